The van der Waals surface area contributed by atoms with E-state index in [0.717, 1.165) is 0 Å². The first kappa shape index (κ1) is 8.29. The first-order valence-electron chi connectivity index (χ1n) is 2.88. The molecule has 0 aromatic carbocycles. The molecule has 0 fully saturated rings. The highest BCUT2D eigenvalue weighted by Crippen LogP contribution is 2.28. The highest BCUT2D eigenvalue weighted by atomic mass is 19.4. The highest BCUT2D eigenvalue weighted by Gasteiger charge is 2.45. The van der Waals surface area contributed by atoms with Gasteiger partial charge in [-0.2, -0.15) is 13.2 Å². The van der Waals surface area contributed by atoms with Crippen LogP contribution in [0.3, 0.4) is 0 Å². The Morgan fingerprint density at radius 3 is 2.45 bits per heavy atom. The number of hydrogen-bond donors (Lipinski definition) is 0. The number of alkyl halides is 4. The van der Waals surface area contributed by atoms with Gasteiger partial charge in [0.2, 0.25) is 6.10 Å². The Bertz CT molecular complexity index is 176. The maximum atomic E-state index is 11.7. The summed E-state index contributed by atoms with van der Waals surface area (Å²) in [6.07, 6.45) is -6.88. The first-order valence-corrected chi connectivity index (χ1v) is 2.88. The second kappa shape index (κ2) is 2.67. The van der Waals surface area contributed by atoms with E-state index in [0.29, 0.717) is 0 Å². The van der Waals surface area contributed by atoms with Gasteiger partial charge in [0.1, 0.15) is 6.67 Å². The summed E-state index contributed by atoms with van der Waals surface area (Å²) < 4.78 is 46.9. The van der Waals surface area contributed by atoms with Crippen molar-refractivity contribution in [1.29, 1.82) is 0 Å². The fraction of sp³-hybridized carbons (Fsp3) is 0.800. The molecule has 2 nitrogen and oxygen atoms in total. The third kappa shape index (κ3) is 1.81. The second-order valence-electron chi connectivity index (χ2n) is 2.13. The van der Waals surface area contributed by atoms with Gasteiger partial charge in [-0.25, -0.2) is 4.39 Å². The average molecular weight is 171 g/mol. The molecule has 1 atom stereocenters. The lowest BCUT2D eigenvalue weighted by Crippen LogP contribution is -2.28. The number of nitrogens with zero attached hydrogens (tertiary/aromatic N) is 1. The summed E-state index contributed by atoms with van der Waals surface area (Å²) in [4.78, 5) is 3.94. The van der Waals surface area contributed by atoms with Crippen LogP contribution in [-0.4, -0.2) is 24.7 Å². The van der Waals surface area contributed by atoms with Crippen molar-refractivity contribution in [2.24, 2.45) is 5.16 Å². The van der Waals surface area contributed by atoms with Crippen LogP contribution < -0.4 is 0 Å². The van der Waals surface area contributed by atoms with Gasteiger partial charge in [-0.1, -0.05) is 5.16 Å². The Kier molecular flexibility index (Phi) is 2.01. The third-order valence-electron chi connectivity index (χ3n) is 1.25. The zero-order valence-electron chi connectivity index (χ0n) is 5.36. The lowest BCUT2D eigenvalue weighted by atomic mass is 10.2. The normalized spacial score (nSPS) is 24.7. The van der Waals surface area contributed by atoms with Crippen LogP contribution in [0.5, 0.6) is 0 Å². The van der Waals surface area contributed by atoms with Crippen molar-refractivity contribution in [3.8, 4) is 0 Å². The van der Waals surface area contributed by atoms with Crippen molar-refractivity contribution in [2.75, 3.05) is 6.67 Å². The predicted molar refractivity (Wildman–Crippen MR) is 29.0 cm³/mol. The molecule has 0 bridgehead atoms. The minimum absolute atomic E-state index is 0.188. The summed E-state index contributed by atoms with van der Waals surface area (Å²) in [6.45, 7) is -0.980. The van der Waals surface area contributed by atoms with E-state index in [1.165, 1.54) is 0 Å². The topological polar surface area (TPSA) is 21.6 Å². The standard InChI is InChI=1S/C5H5F4NO/c6-2-3-1-4(11-10-3)5(7,8)9/h4H,1-2H2/t4-/m1/s1. The molecule has 0 aliphatic carbocycles. The molecule has 0 aromatic heterocycles. The molecule has 6 heteroatoms. The molecule has 11 heavy (non-hydrogen) atoms. The molecule has 0 N–H and O–H groups in total. The van der Waals surface area contributed by atoms with Gasteiger partial charge in [0.05, 0.1) is 5.71 Å². The summed E-state index contributed by atoms with van der Waals surface area (Å²) in [6, 6.07) is 0. The molecule has 0 unspecified atom stereocenters. The minimum Gasteiger partial charge on any atom is -0.382 e. The molecule has 0 saturated heterocycles. The molecule has 1 heterocycles. The van der Waals surface area contributed by atoms with Crippen LogP contribution in [0.2, 0.25) is 0 Å². The Morgan fingerprint density at radius 1 is 1.55 bits per heavy atom. The minimum atomic E-state index is -4.44. The summed E-state index contributed by atoms with van der Waals surface area (Å²) in [5, 5.41) is 2.92. The van der Waals surface area contributed by atoms with Crippen LogP contribution in [-0.2, 0) is 4.84 Å². The molecule has 0 aromatic rings. The maximum Gasteiger partial charge on any atom is 0.428 e. The van der Waals surface area contributed by atoms with Crippen molar-refractivity contribution in [3.05, 3.63) is 0 Å². The number of rotatable bonds is 1. The van der Waals surface area contributed by atoms with E-state index >= 15 is 0 Å². The Hall–Kier alpha value is -0.810. The van der Waals surface area contributed by atoms with Gasteiger partial charge in [0.15, 0.2) is 0 Å². The first-order chi connectivity index (χ1) is 5.04. The lowest BCUT2D eigenvalue weighted by Gasteiger charge is -2.11. The van der Waals surface area contributed by atoms with Crippen molar-refractivity contribution in [2.45, 2.75) is 18.7 Å². The SMILES string of the molecule is FCC1=NO[C@@H](C(F)(F)F)C1. The smallest absolute Gasteiger partial charge is 0.382 e. The lowest BCUT2D eigenvalue weighted by molar-refractivity contribution is -0.212. The average Bonchev–Trinajstić information content (AvgIpc) is 2.32. The summed E-state index contributed by atoms with van der Waals surface area (Å²) in [5.41, 5.74) is -0.188. The van der Waals surface area contributed by atoms with Crippen molar-refractivity contribution in [1.82, 2.24) is 0 Å². The summed E-state index contributed by atoms with van der Waals surface area (Å²) in [5.74, 6) is 0. The zero-order chi connectivity index (χ0) is 8.48. The third-order valence-corrected chi connectivity index (χ3v) is 1.25. The van der Waals surface area contributed by atoms with Gasteiger partial charge in [-0.15, -0.1) is 0 Å². The van der Waals surface area contributed by atoms with Crippen LogP contribution in [0, 0.1) is 0 Å². The van der Waals surface area contributed by atoms with Gasteiger partial charge in [0, 0.05) is 6.42 Å². The van der Waals surface area contributed by atoms with Crippen LogP contribution in [0.4, 0.5) is 17.6 Å². The van der Waals surface area contributed by atoms with Crippen molar-refractivity contribution < 1.29 is 22.4 Å². The molecule has 64 valence electrons. The van der Waals surface area contributed by atoms with E-state index in [4.69, 9.17) is 0 Å². The van der Waals surface area contributed by atoms with Gasteiger partial charge in [0.25, 0.3) is 0 Å². The van der Waals surface area contributed by atoms with Crippen LogP contribution in [0.25, 0.3) is 0 Å². The maximum absolute atomic E-state index is 11.7. The van der Waals surface area contributed by atoms with E-state index < -0.39 is 25.4 Å². The van der Waals surface area contributed by atoms with E-state index in [1.807, 2.05) is 0 Å². The molecule has 0 saturated carbocycles. The van der Waals surface area contributed by atoms with Crippen LogP contribution in [0.1, 0.15) is 6.42 Å². The number of halogens is 4. The second-order valence-corrected chi connectivity index (χ2v) is 2.13. The van der Waals surface area contributed by atoms with E-state index in [1.54, 1.807) is 0 Å². The molecule has 0 spiro atoms. The largest absolute Gasteiger partial charge is 0.428 e. The van der Waals surface area contributed by atoms with E-state index in [-0.39, 0.29) is 5.71 Å². The predicted octanol–water partition coefficient (Wildman–Crippen LogP) is 1.66. The molecular formula is C5H5F4NO. The quantitative estimate of drug-likeness (QED) is 0.550. The monoisotopic (exact) mass is 171 g/mol. The van der Waals surface area contributed by atoms with Gasteiger partial charge >= 0.3 is 6.18 Å². The fourth-order valence-electron chi connectivity index (χ4n) is 0.681. The van der Waals surface area contributed by atoms with Crippen molar-refractivity contribution in [3.63, 3.8) is 0 Å². The number of hydrogen-bond acceptors (Lipinski definition) is 2. The number of oxime groups is 1. The Morgan fingerprint density at radius 2 is 2.18 bits per heavy atom. The molecular weight excluding hydrogens is 166 g/mol. The molecule has 1 aliphatic rings. The van der Waals surface area contributed by atoms with Crippen LogP contribution in [0.15, 0.2) is 5.16 Å². The van der Waals surface area contributed by atoms with Gasteiger partial charge in [-0.05, 0) is 0 Å². The fourth-order valence-corrected chi connectivity index (χ4v) is 0.681. The summed E-state index contributed by atoms with van der Waals surface area (Å²) in [7, 11) is 0. The van der Waals surface area contributed by atoms with Crippen LogP contribution >= 0.6 is 0 Å². The van der Waals surface area contributed by atoms with E-state index in [9.17, 15) is 17.6 Å². The highest BCUT2D eigenvalue weighted by molar-refractivity contribution is 5.86. The van der Waals surface area contributed by atoms with E-state index in [2.05, 4.69) is 9.99 Å². The Balaban J connectivity index is 2.48. The molecule has 0 radical (unpaired) electrons. The molecule has 0 amide bonds. The zero-order valence-corrected chi connectivity index (χ0v) is 5.36. The molecule has 1 rings (SSSR count). The Labute approximate surface area is 59.8 Å². The summed E-state index contributed by atoms with van der Waals surface area (Å²) >= 11 is 0. The molecule has 1 aliphatic heterocycles. The van der Waals surface area contributed by atoms with Gasteiger partial charge in [-0.3, -0.25) is 0 Å². The van der Waals surface area contributed by atoms with Crippen molar-refractivity contribution >= 4 is 5.71 Å². The van der Waals surface area contributed by atoms with Gasteiger partial charge < -0.3 is 4.84 Å².